The first kappa shape index (κ1) is 18.7. The molecule has 0 radical (unpaired) electrons. The average Bonchev–Trinajstić information content (AvgIpc) is 2.47. The van der Waals surface area contributed by atoms with E-state index in [1.807, 2.05) is 30.3 Å². The molecular formula is C17H22BrNO. The Morgan fingerprint density at radius 1 is 0.950 bits per heavy atom. The highest BCUT2D eigenvalue weighted by molar-refractivity contribution is 5.33. The van der Waals surface area contributed by atoms with Crippen molar-refractivity contribution in [3.63, 3.8) is 0 Å². The normalized spacial score (nSPS) is 9.55. The fraction of sp³-hybridized carbons (Fsp3) is 0.412. The largest absolute Gasteiger partial charge is 1.00 e. The fourth-order valence-electron chi connectivity index (χ4n) is 1.84. The summed E-state index contributed by atoms with van der Waals surface area (Å²) < 4.78 is 0.854. The fourth-order valence-corrected chi connectivity index (χ4v) is 1.84. The van der Waals surface area contributed by atoms with Gasteiger partial charge in [-0.2, -0.15) is 0 Å². The van der Waals surface area contributed by atoms with Gasteiger partial charge in [0.25, 0.3) is 0 Å². The number of aliphatic hydroxyl groups excluding tert-OH is 1. The van der Waals surface area contributed by atoms with Gasteiger partial charge in [-0.25, -0.2) is 0 Å². The summed E-state index contributed by atoms with van der Waals surface area (Å²) in [7, 11) is 0. The van der Waals surface area contributed by atoms with E-state index >= 15 is 0 Å². The number of hydrogen-bond donors (Lipinski definition) is 1. The second-order valence-electron chi connectivity index (χ2n) is 4.47. The van der Waals surface area contributed by atoms with Crippen molar-refractivity contribution >= 4 is 0 Å². The van der Waals surface area contributed by atoms with E-state index in [1.54, 1.807) is 0 Å². The highest BCUT2D eigenvalue weighted by Crippen LogP contribution is 2.04. The smallest absolute Gasteiger partial charge is 0.142 e. The Hall–Kier alpha value is -1.26. The summed E-state index contributed by atoms with van der Waals surface area (Å²) in [5.74, 6) is 12.2. The maximum absolute atomic E-state index is 8.72. The first-order valence-corrected chi connectivity index (χ1v) is 6.72. The summed E-state index contributed by atoms with van der Waals surface area (Å²) >= 11 is 0. The van der Waals surface area contributed by atoms with Gasteiger partial charge in [-0.1, -0.05) is 30.0 Å². The number of quaternary nitrogens is 1. The maximum atomic E-state index is 8.72. The Morgan fingerprint density at radius 3 is 2.10 bits per heavy atom. The molecular weight excluding hydrogens is 314 g/mol. The molecule has 0 aliphatic heterocycles. The molecule has 0 aromatic heterocycles. The SMILES string of the molecule is CC[N+](CC)(CC#CCO)CC#Cc1ccccc1.[Br-]. The van der Waals surface area contributed by atoms with Crippen LogP contribution in [0.4, 0.5) is 0 Å². The summed E-state index contributed by atoms with van der Waals surface area (Å²) in [5.41, 5.74) is 1.05. The maximum Gasteiger partial charge on any atom is 0.142 e. The van der Waals surface area contributed by atoms with E-state index in [2.05, 4.69) is 37.5 Å². The molecule has 0 saturated carbocycles. The minimum absolute atomic E-state index is 0. The Kier molecular flexibility index (Phi) is 9.86. The van der Waals surface area contributed by atoms with E-state index in [-0.39, 0.29) is 23.6 Å². The topological polar surface area (TPSA) is 20.2 Å². The molecule has 0 aliphatic rings. The van der Waals surface area contributed by atoms with E-state index in [4.69, 9.17) is 5.11 Å². The summed E-state index contributed by atoms with van der Waals surface area (Å²) in [5, 5.41) is 8.72. The van der Waals surface area contributed by atoms with Crippen molar-refractivity contribution in [2.24, 2.45) is 0 Å². The van der Waals surface area contributed by atoms with Crippen LogP contribution in [0.3, 0.4) is 0 Å². The molecule has 108 valence electrons. The average molecular weight is 336 g/mol. The van der Waals surface area contributed by atoms with Crippen LogP contribution in [-0.2, 0) is 0 Å². The monoisotopic (exact) mass is 335 g/mol. The number of rotatable bonds is 4. The van der Waals surface area contributed by atoms with E-state index in [0.29, 0.717) is 0 Å². The molecule has 2 nitrogen and oxygen atoms in total. The van der Waals surface area contributed by atoms with Crippen LogP contribution in [0.25, 0.3) is 0 Å². The van der Waals surface area contributed by atoms with Crippen molar-refractivity contribution in [3.8, 4) is 23.7 Å². The van der Waals surface area contributed by atoms with Gasteiger partial charge in [-0.05, 0) is 37.8 Å². The standard InChI is InChI=1S/C17H22NO.BrH/c1-3-18(4-2,14-8-9-16-19)15-10-13-17-11-6-5-7-12-17;/h5-7,11-12,19H,3-4,14-16H2,1-2H3;1H/q+1;/p-1. The molecule has 0 saturated heterocycles. The van der Waals surface area contributed by atoms with Gasteiger partial charge in [-0.15, -0.1) is 0 Å². The molecule has 20 heavy (non-hydrogen) atoms. The quantitative estimate of drug-likeness (QED) is 0.547. The highest BCUT2D eigenvalue weighted by atomic mass is 79.9. The van der Waals surface area contributed by atoms with E-state index in [0.717, 1.165) is 36.2 Å². The number of benzene rings is 1. The molecule has 0 heterocycles. The zero-order chi connectivity index (χ0) is 14.0. The van der Waals surface area contributed by atoms with Crippen molar-refractivity contribution in [2.75, 3.05) is 32.8 Å². The molecule has 0 unspecified atom stereocenters. The molecule has 0 fully saturated rings. The third-order valence-electron chi connectivity index (χ3n) is 3.38. The molecule has 0 bridgehead atoms. The van der Waals surface area contributed by atoms with Gasteiger partial charge in [0, 0.05) is 5.56 Å². The Labute approximate surface area is 133 Å². The van der Waals surface area contributed by atoms with Crippen molar-refractivity contribution in [2.45, 2.75) is 13.8 Å². The van der Waals surface area contributed by atoms with Crippen LogP contribution in [-0.4, -0.2) is 42.4 Å². The first-order valence-electron chi connectivity index (χ1n) is 6.72. The summed E-state index contributed by atoms with van der Waals surface area (Å²) in [4.78, 5) is 0. The lowest BCUT2D eigenvalue weighted by molar-refractivity contribution is -0.911. The van der Waals surface area contributed by atoms with Crippen LogP contribution in [0.2, 0.25) is 0 Å². The van der Waals surface area contributed by atoms with Crippen molar-refractivity contribution < 1.29 is 26.6 Å². The number of hydrogen-bond acceptors (Lipinski definition) is 1. The van der Waals surface area contributed by atoms with Crippen molar-refractivity contribution in [1.82, 2.24) is 0 Å². The van der Waals surface area contributed by atoms with Gasteiger partial charge in [0.05, 0.1) is 13.1 Å². The first-order chi connectivity index (χ1) is 9.26. The van der Waals surface area contributed by atoms with Crippen LogP contribution in [0.15, 0.2) is 30.3 Å². The molecule has 1 aromatic carbocycles. The van der Waals surface area contributed by atoms with Gasteiger partial charge >= 0.3 is 0 Å². The van der Waals surface area contributed by atoms with Gasteiger partial charge in [-0.3, -0.25) is 0 Å². The van der Waals surface area contributed by atoms with Gasteiger partial charge in [0.1, 0.15) is 19.7 Å². The number of halogens is 1. The Bertz CT molecular complexity index is 486. The number of aliphatic hydroxyl groups is 1. The molecule has 1 rings (SSSR count). The Balaban J connectivity index is 0.00000361. The van der Waals surface area contributed by atoms with Crippen molar-refractivity contribution in [1.29, 1.82) is 0 Å². The van der Waals surface area contributed by atoms with Crippen LogP contribution in [0.5, 0.6) is 0 Å². The van der Waals surface area contributed by atoms with E-state index in [9.17, 15) is 0 Å². The zero-order valence-electron chi connectivity index (χ0n) is 12.2. The zero-order valence-corrected chi connectivity index (χ0v) is 13.8. The minimum Gasteiger partial charge on any atom is -1.00 e. The molecule has 0 atom stereocenters. The molecule has 0 amide bonds. The predicted octanol–water partition coefficient (Wildman–Crippen LogP) is -1.11. The molecule has 1 N–H and O–H groups in total. The number of nitrogens with zero attached hydrogens (tertiary/aromatic N) is 1. The van der Waals surface area contributed by atoms with E-state index in [1.165, 1.54) is 0 Å². The Morgan fingerprint density at radius 2 is 1.55 bits per heavy atom. The lowest BCUT2D eigenvalue weighted by atomic mass is 10.2. The van der Waals surface area contributed by atoms with Crippen LogP contribution < -0.4 is 17.0 Å². The lowest BCUT2D eigenvalue weighted by Crippen LogP contribution is -3.00. The third-order valence-corrected chi connectivity index (χ3v) is 3.38. The highest BCUT2D eigenvalue weighted by Gasteiger charge is 2.20. The minimum atomic E-state index is -0.0663. The van der Waals surface area contributed by atoms with Crippen LogP contribution >= 0.6 is 0 Å². The molecule has 3 heteroatoms. The van der Waals surface area contributed by atoms with Crippen LogP contribution in [0, 0.1) is 23.7 Å². The van der Waals surface area contributed by atoms with Crippen LogP contribution in [0.1, 0.15) is 19.4 Å². The predicted molar refractivity (Wildman–Crippen MR) is 79.3 cm³/mol. The second kappa shape index (κ2) is 10.5. The summed E-state index contributed by atoms with van der Waals surface area (Å²) in [6.07, 6.45) is 0. The third kappa shape index (κ3) is 6.26. The molecule has 1 aromatic rings. The van der Waals surface area contributed by atoms with E-state index < -0.39 is 0 Å². The second-order valence-corrected chi connectivity index (χ2v) is 4.47. The molecule has 0 aliphatic carbocycles. The lowest BCUT2D eigenvalue weighted by Gasteiger charge is -2.32. The van der Waals surface area contributed by atoms with Gasteiger partial charge in [0.2, 0.25) is 0 Å². The summed E-state index contributed by atoms with van der Waals surface area (Å²) in [6.45, 7) is 7.80. The van der Waals surface area contributed by atoms with Gasteiger partial charge < -0.3 is 26.6 Å². The van der Waals surface area contributed by atoms with Crippen molar-refractivity contribution in [3.05, 3.63) is 35.9 Å². The van der Waals surface area contributed by atoms with Gasteiger partial charge in [0.15, 0.2) is 0 Å². The molecule has 0 spiro atoms. The summed E-state index contributed by atoms with van der Waals surface area (Å²) in [6, 6.07) is 10.0.